The van der Waals surface area contributed by atoms with Crippen LogP contribution in [0.15, 0.2) is 48.8 Å². The highest BCUT2D eigenvalue weighted by Gasteiger charge is 2.26. The predicted molar refractivity (Wildman–Crippen MR) is 176 cm³/mol. The van der Waals surface area contributed by atoms with E-state index in [0.717, 1.165) is 6.42 Å². The summed E-state index contributed by atoms with van der Waals surface area (Å²) in [6, 6.07) is 11.0. The lowest BCUT2D eigenvalue weighted by atomic mass is 10.0. The smallest absolute Gasteiger partial charge is 0.411 e. The van der Waals surface area contributed by atoms with E-state index in [4.69, 9.17) is 26.1 Å². The topological polar surface area (TPSA) is 202 Å². The minimum Gasteiger partial charge on any atom is -0.464 e. The molecule has 2 bridgehead atoms. The Kier molecular flexibility index (Phi) is 11.0. The van der Waals surface area contributed by atoms with Gasteiger partial charge in [0.25, 0.3) is 0 Å². The van der Waals surface area contributed by atoms with E-state index in [2.05, 4.69) is 42.5 Å². The van der Waals surface area contributed by atoms with Gasteiger partial charge in [-0.25, -0.2) is 14.6 Å². The van der Waals surface area contributed by atoms with Crippen molar-refractivity contribution in [2.75, 3.05) is 24.4 Å². The number of fused-ring (bicyclic) bond motifs is 4. The van der Waals surface area contributed by atoms with Crippen LogP contribution in [0.4, 0.5) is 16.2 Å². The molecule has 2 amide bonds. The number of benzene rings is 2. The van der Waals surface area contributed by atoms with Gasteiger partial charge in [0.1, 0.15) is 35.7 Å². The molecule has 2 atom stereocenters. The third-order valence-corrected chi connectivity index (χ3v) is 7.81. The highest BCUT2D eigenvalue weighted by atomic mass is 35.5. The molecule has 4 aromatic rings. The largest absolute Gasteiger partial charge is 0.464 e. The van der Waals surface area contributed by atoms with Gasteiger partial charge >= 0.3 is 12.1 Å². The average molecular weight is 673 g/mol. The van der Waals surface area contributed by atoms with Gasteiger partial charge in [0.15, 0.2) is 0 Å². The second kappa shape index (κ2) is 15.7. The summed E-state index contributed by atoms with van der Waals surface area (Å²) < 4.78 is 11.5. The number of ether oxygens (including phenoxy) is 2. The van der Waals surface area contributed by atoms with Gasteiger partial charge in [-0.1, -0.05) is 30.9 Å². The fourth-order valence-corrected chi connectivity index (χ4v) is 5.48. The van der Waals surface area contributed by atoms with E-state index in [-0.39, 0.29) is 12.3 Å². The summed E-state index contributed by atoms with van der Waals surface area (Å²) in [7, 11) is 1.25. The molecule has 0 saturated carbocycles. The Hall–Kier alpha value is -5.75. The summed E-state index contributed by atoms with van der Waals surface area (Å²) in [5.41, 5.74) is 3.05. The van der Waals surface area contributed by atoms with Crippen molar-refractivity contribution in [3.05, 3.63) is 70.9 Å². The number of hydrogen-bond donors (Lipinski definition) is 4. The summed E-state index contributed by atoms with van der Waals surface area (Å²) in [6.45, 7) is 1.95. The number of nitrogens with one attached hydrogen (secondary N) is 4. The van der Waals surface area contributed by atoms with Crippen molar-refractivity contribution in [1.29, 1.82) is 5.26 Å². The van der Waals surface area contributed by atoms with Crippen molar-refractivity contribution in [1.82, 2.24) is 35.5 Å². The van der Waals surface area contributed by atoms with Crippen LogP contribution in [-0.4, -0.2) is 67.9 Å². The van der Waals surface area contributed by atoms with Gasteiger partial charge in [-0.15, -0.1) is 5.10 Å². The van der Waals surface area contributed by atoms with Crippen molar-refractivity contribution in [2.24, 2.45) is 0 Å². The molecule has 3 heterocycles. The first kappa shape index (κ1) is 33.6. The van der Waals surface area contributed by atoms with Gasteiger partial charge in [0.05, 0.1) is 25.4 Å². The number of nitrogens with zero attached hydrogens (tertiary/aromatic N) is 6. The van der Waals surface area contributed by atoms with E-state index in [0.29, 0.717) is 70.4 Å². The molecule has 0 aliphatic carbocycles. The lowest BCUT2D eigenvalue weighted by molar-refractivity contribution is -0.144. The van der Waals surface area contributed by atoms with Crippen LogP contribution in [-0.2, 0) is 19.1 Å². The molecular weight excluding hydrogens is 640 g/mol. The maximum Gasteiger partial charge on any atom is 0.411 e. The van der Waals surface area contributed by atoms with Gasteiger partial charge in [0.2, 0.25) is 5.91 Å². The molecule has 0 fully saturated rings. The molecule has 2 aromatic carbocycles. The lowest BCUT2D eigenvalue weighted by Crippen LogP contribution is -2.31. The van der Waals surface area contributed by atoms with Crippen molar-refractivity contribution < 1.29 is 23.9 Å². The first-order valence-corrected chi connectivity index (χ1v) is 15.6. The number of halogens is 1. The van der Waals surface area contributed by atoms with Crippen LogP contribution in [0.1, 0.15) is 62.2 Å². The van der Waals surface area contributed by atoms with Gasteiger partial charge < -0.3 is 25.1 Å². The molecular formula is C32H33ClN10O5. The van der Waals surface area contributed by atoms with Crippen LogP contribution < -0.4 is 16.0 Å². The Balaban J connectivity index is 1.48. The Morgan fingerprint density at radius 2 is 2.00 bits per heavy atom. The summed E-state index contributed by atoms with van der Waals surface area (Å²) in [4.78, 5) is 46.1. The molecule has 248 valence electrons. The molecule has 15 nitrogen and oxygen atoms in total. The number of anilines is 2. The van der Waals surface area contributed by atoms with Crippen LogP contribution >= 0.6 is 11.6 Å². The van der Waals surface area contributed by atoms with E-state index in [1.807, 2.05) is 0 Å². The molecule has 2 aromatic heterocycles. The number of aromatic nitrogens is 6. The quantitative estimate of drug-likeness (QED) is 0.153. The Morgan fingerprint density at radius 1 is 1.17 bits per heavy atom. The standard InChI is InChI=1S/C32H33ClN10O5/c1-3-48-31(45)24-8-6-4-5-7-23(38-28(44)14-9-19-15-20(33)10-13-27(19)43-18-35-41-42-43)30-39-26(17-34)29(40-30)22-12-11-21(16-25(22)37-24)36-32(46)47-2/h9-16,18,23-24,37H,3-8H2,1-2H3,(H,36,46)(H,38,44)(H,39,40)/b14-9+/t23-,24+/m0/s1. The van der Waals surface area contributed by atoms with E-state index in [1.165, 1.54) is 24.2 Å². The average Bonchev–Trinajstić information content (AvgIpc) is 3.77. The molecule has 5 rings (SSSR count). The van der Waals surface area contributed by atoms with Crippen molar-refractivity contribution in [3.63, 3.8) is 0 Å². The fraction of sp³-hybridized carbons (Fsp3) is 0.312. The molecule has 48 heavy (non-hydrogen) atoms. The monoisotopic (exact) mass is 672 g/mol. The van der Waals surface area contributed by atoms with Crippen molar-refractivity contribution >= 4 is 47.0 Å². The van der Waals surface area contributed by atoms with E-state index in [9.17, 15) is 19.6 Å². The second-order valence-corrected chi connectivity index (χ2v) is 11.2. The molecule has 16 heteroatoms. The number of tetrazole rings is 1. The number of imidazole rings is 1. The van der Waals surface area contributed by atoms with Crippen LogP contribution in [0.2, 0.25) is 5.02 Å². The zero-order chi connectivity index (χ0) is 34.0. The third kappa shape index (κ3) is 8.15. The molecule has 0 radical (unpaired) electrons. The second-order valence-electron chi connectivity index (χ2n) is 10.8. The molecule has 0 spiro atoms. The molecule has 0 unspecified atom stereocenters. The predicted octanol–water partition coefficient (Wildman–Crippen LogP) is 4.93. The number of H-pyrrole nitrogens is 1. The minimum atomic E-state index is -0.702. The van der Waals surface area contributed by atoms with Crippen LogP contribution in [0.5, 0.6) is 0 Å². The van der Waals surface area contributed by atoms with Crippen molar-refractivity contribution in [3.8, 4) is 23.0 Å². The number of nitriles is 1. The molecule has 1 aliphatic rings. The van der Waals surface area contributed by atoms with Crippen molar-refractivity contribution in [2.45, 2.75) is 51.1 Å². The van der Waals surface area contributed by atoms with E-state index >= 15 is 0 Å². The maximum atomic E-state index is 13.3. The lowest BCUT2D eigenvalue weighted by Gasteiger charge is -2.21. The van der Waals surface area contributed by atoms with E-state index < -0.39 is 30.1 Å². The summed E-state index contributed by atoms with van der Waals surface area (Å²) in [5.74, 6) is -0.427. The van der Waals surface area contributed by atoms with E-state index in [1.54, 1.807) is 49.4 Å². The number of hydrogen-bond acceptors (Lipinski definition) is 11. The highest BCUT2D eigenvalue weighted by Crippen LogP contribution is 2.35. The summed E-state index contributed by atoms with van der Waals surface area (Å²) >= 11 is 6.23. The number of rotatable bonds is 7. The summed E-state index contributed by atoms with van der Waals surface area (Å²) in [5, 5.41) is 30.8. The highest BCUT2D eigenvalue weighted by molar-refractivity contribution is 6.30. The summed E-state index contributed by atoms with van der Waals surface area (Å²) in [6.07, 6.45) is 6.87. The Morgan fingerprint density at radius 3 is 2.75 bits per heavy atom. The van der Waals surface area contributed by atoms with Crippen LogP contribution in [0, 0.1) is 11.3 Å². The number of methoxy groups -OCH3 is 1. The number of carbonyl (C=O) groups excluding carboxylic acids is 3. The normalized spacial score (nSPS) is 16.2. The number of amides is 2. The fourth-order valence-electron chi connectivity index (χ4n) is 5.30. The zero-order valence-electron chi connectivity index (χ0n) is 26.2. The Bertz CT molecular complexity index is 1850. The molecule has 0 saturated heterocycles. The number of esters is 1. The third-order valence-electron chi connectivity index (χ3n) is 7.57. The van der Waals surface area contributed by atoms with Gasteiger partial charge in [-0.3, -0.25) is 10.1 Å². The first-order valence-electron chi connectivity index (χ1n) is 15.2. The zero-order valence-corrected chi connectivity index (χ0v) is 27.0. The van der Waals surface area contributed by atoms with Gasteiger partial charge in [-0.2, -0.15) is 9.94 Å². The van der Waals surface area contributed by atoms with Crippen LogP contribution in [0.25, 0.3) is 23.0 Å². The Labute approximate surface area is 280 Å². The SMILES string of the molecule is CCOC(=O)[C@H]1CCCCC[C@H](NC(=O)/C=C/c2cc(Cl)ccc2-n2cnnn2)c2nc(c(C#N)[nH]2)-c2ccc(NC(=O)OC)cc2N1. The molecule has 1 aliphatic heterocycles. The van der Waals surface area contributed by atoms with Crippen LogP contribution in [0.3, 0.4) is 0 Å². The number of carbonyl (C=O) groups is 3. The van der Waals surface area contributed by atoms with Gasteiger partial charge in [-0.05, 0) is 72.7 Å². The first-order chi connectivity index (χ1) is 23.3. The molecule has 4 N–H and O–H groups in total. The van der Waals surface area contributed by atoms with Gasteiger partial charge in [0, 0.05) is 33.6 Å². The maximum absolute atomic E-state index is 13.3. The number of aromatic amines is 1. The minimum absolute atomic E-state index is 0.159.